The van der Waals surface area contributed by atoms with Gasteiger partial charge in [-0.2, -0.15) is 0 Å². The average molecular weight is 242 g/mol. The van der Waals surface area contributed by atoms with Gasteiger partial charge in [-0.25, -0.2) is 4.98 Å². The van der Waals surface area contributed by atoms with Crippen LogP contribution in [-0.4, -0.2) is 22.3 Å². The summed E-state index contributed by atoms with van der Waals surface area (Å²) in [5.74, 6) is 0.0594. The number of benzene rings is 1. The van der Waals surface area contributed by atoms with Crippen molar-refractivity contribution >= 4 is 5.91 Å². The molecule has 3 rings (SSSR count). The van der Waals surface area contributed by atoms with Crippen LogP contribution in [0.2, 0.25) is 0 Å². The molecule has 2 aromatic rings. The number of rotatable bonds is 2. The number of likely N-dealkylation sites (tertiary alicyclic amines) is 1. The Hall–Kier alpha value is -2.10. The molecule has 1 saturated heterocycles. The largest absolute Gasteiger partial charge is 0.441 e. The van der Waals surface area contributed by atoms with Gasteiger partial charge >= 0.3 is 5.91 Å². The van der Waals surface area contributed by atoms with Crippen LogP contribution in [0.25, 0.3) is 0 Å². The second-order valence-electron chi connectivity index (χ2n) is 4.40. The van der Waals surface area contributed by atoms with Crippen molar-refractivity contribution in [3.63, 3.8) is 0 Å². The Morgan fingerprint density at radius 3 is 2.89 bits per heavy atom. The van der Waals surface area contributed by atoms with E-state index in [0.717, 1.165) is 19.4 Å². The topological polar surface area (TPSA) is 46.3 Å². The molecule has 1 aromatic heterocycles. The fourth-order valence-electron chi connectivity index (χ4n) is 2.48. The third kappa shape index (κ3) is 1.90. The van der Waals surface area contributed by atoms with E-state index < -0.39 is 0 Å². The molecule has 18 heavy (non-hydrogen) atoms. The molecule has 0 spiro atoms. The molecule has 1 fully saturated rings. The molecule has 1 aromatic carbocycles. The van der Waals surface area contributed by atoms with Crippen LogP contribution in [0.15, 0.2) is 47.2 Å². The van der Waals surface area contributed by atoms with E-state index in [1.165, 1.54) is 18.0 Å². The number of amides is 1. The van der Waals surface area contributed by atoms with Crippen molar-refractivity contribution in [1.82, 2.24) is 9.88 Å². The van der Waals surface area contributed by atoms with Crippen molar-refractivity contribution in [3.8, 4) is 0 Å². The van der Waals surface area contributed by atoms with Crippen LogP contribution in [0.3, 0.4) is 0 Å². The third-order valence-electron chi connectivity index (χ3n) is 3.31. The Bertz CT molecular complexity index is 522. The highest BCUT2D eigenvalue weighted by Gasteiger charge is 2.32. The molecule has 0 N–H and O–H groups in total. The first-order valence-electron chi connectivity index (χ1n) is 6.11. The second-order valence-corrected chi connectivity index (χ2v) is 4.40. The molecule has 92 valence electrons. The van der Waals surface area contributed by atoms with Crippen LogP contribution in [0.1, 0.15) is 35.1 Å². The van der Waals surface area contributed by atoms with E-state index in [0.29, 0.717) is 0 Å². The molecule has 4 heteroatoms. The van der Waals surface area contributed by atoms with Gasteiger partial charge in [0.2, 0.25) is 0 Å². The maximum atomic E-state index is 12.3. The standard InChI is InChI=1S/C14H14N2O2/c17-14(13-15-8-10-18-13)16-9-4-7-12(16)11-5-2-1-3-6-11/h1-3,5-6,8,10,12H,4,7,9H2/t12-/m0/s1. The summed E-state index contributed by atoms with van der Waals surface area (Å²) in [6, 6.07) is 10.3. The maximum Gasteiger partial charge on any atom is 0.310 e. The Balaban J connectivity index is 1.86. The summed E-state index contributed by atoms with van der Waals surface area (Å²) in [5, 5.41) is 0. The van der Waals surface area contributed by atoms with Gasteiger partial charge in [0.25, 0.3) is 5.89 Å². The molecule has 4 nitrogen and oxygen atoms in total. The zero-order valence-electron chi connectivity index (χ0n) is 9.95. The average Bonchev–Trinajstić information content (AvgIpc) is 3.10. The minimum Gasteiger partial charge on any atom is -0.441 e. The number of carbonyl (C=O) groups excluding carboxylic acids is 1. The fraction of sp³-hybridized carbons (Fsp3) is 0.286. The Labute approximate surface area is 105 Å². The monoisotopic (exact) mass is 242 g/mol. The first-order valence-corrected chi connectivity index (χ1v) is 6.11. The van der Waals surface area contributed by atoms with Crippen LogP contribution < -0.4 is 0 Å². The summed E-state index contributed by atoms with van der Waals surface area (Å²) in [7, 11) is 0. The number of carbonyl (C=O) groups is 1. The Kier molecular flexibility index (Phi) is 2.84. The number of oxazole rings is 1. The first kappa shape index (κ1) is 11.0. The summed E-state index contributed by atoms with van der Waals surface area (Å²) < 4.78 is 5.09. The maximum absolute atomic E-state index is 12.3. The lowest BCUT2D eigenvalue weighted by Gasteiger charge is -2.23. The number of hydrogen-bond donors (Lipinski definition) is 0. The van der Waals surface area contributed by atoms with Crippen molar-refractivity contribution in [2.45, 2.75) is 18.9 Å². The van der Waals surface area contributed by atoms with Gasteiger partial charge < -0.3 is 9.32 Å². The molecule has 1 aliphatic heterocycles. The molecular weight excluding hydrogens is 228 g/mol. The minimum atomic E-state index is -0.119. The van der Waals surface area contributed by atoms with E-state index in [4.69, 9.17) is 4.42 Å². The predicted molar refractivity (Wildman–Crippen MR) is 66.0 cm³/mol. The summed E-state index contributed by atoms with van der Waals surface area (Å²) in [4.78, 5) is 18.0. The van der Waals surface area contributed by atoms with Crippen LogP contribution >= 0.6 is 0 Å². The van der Waals surface area contributed by atoms with Gasteiger partial charge in [-0.1, -0.05) is 30.3 Å². The van der Waals surface area contributed by atoms with Crippen LogP contribution in [-0.2, 0) is 0 Å². The lowest BCUT2D eigenvalue weighted by atomic mass is 10.0. The van der Waals surface area contributed by atoms with E-state index in [1.807, 2.05) is 23.1 Å². The smallest absolute Gasteiger partial charge is 0.310 e. The highest BCUT2D eigenvalue weighted by Crippen LogP contribution is 2.32. The zero-order chi connectivity index (χ0) is 12.4. The molecule has 0 unspecified atom stereocenters. The lowest BCUT2D eigenvalue weighted by Crippen LogP contribution is -2.30. The number of hydrogen-bond acceptors (Lipinski definition) is 3. The van der Waals surface area contributed by atoms with Crippen molar-refractivity contribution in [2.24, 2.45) is 0 Å². The third-order valence-corrected chi connectivity index (χ3v) is 3.31. The van der Waals surface area contributed by atoms with Crippen molar-refractivity contribution in [1.29, 1.82) is 0 Å². The lowest BCUT2D eigenvalue weighted by molar-refractivity contribution is 0.0695. The molecule has 0 saturated carbocycles. The van der Waals surface area contributed by atoms with Gasteiger partial charge in [-0.3, -0.25) is 4.79 Å². The van der Waals surface area contributed by atoms with Gasteiger partial charge in [0, 0.05) is 6.54 Å². The summed E-state index contributed by atoms with van der Waals surface area (Å²) in [5.41, 5.74) is 1.18. The fourth-order valence-corrected chi connectivity index (χ4v) is 2.48. The van der Waals surface area contributed by atoms with E-state index in [9.17, 15) is 4.79 Å². The van der Waals surface area contributed by atoms with Gasteiger partial charge in [-0.05, 0) is 18.4 Å². The highest BCUT2D eigenvalue weighted by molar-refractivity contribution is 5.90. The molecule has 1 atom stereocenters. The second kappa shape index (κ2) is 4.64. The summed E-state index contributed by atoms with van der Waals surface area (Å²) >= 11 is 0. The Morgan fingerprint density at radius 1 is 1.33 bits per heavy atom. The van der Waals surface area contributed by atoms with Crippen LogP contribution in [0.4, 0.5) is 0 Å². The van der Waals surface area contributed by atoms with E-state index >= 15 is 0 Å². The Morgan fingerprint density at radius 2 is 2.17 bits per heavy atom. The normalized spacial score (nSPS) is 19.1. The molecule has 2 heterocycles. The van der Waals surface area contributed by atoms with E-state index in [2.05, 4.69) is 17.1 Å². The molecule has 0 bridgehead atoms. The first-order chi connectivity index (χ1) is 8.86. The molecule has 0 aliphatic carbocycles. The van der Waals surface area contributed by atoms with Gasteiger partial charge in [0.05, 0.1) is 12.2 Å². The van der Waals surface area contributed by atoms with Crippen LogP contribution in [0.5, 0.6) is 0 Å². The van der Waals surface area contributed by atoms with E-state index in [-0.39, 0.29) is 17.8 Å². The molecular formula is C14H14N2O2. The molecule has 0 radical (unpaired) electrons. The van der Waals surface area contributed by atoms with Crippen molar-refractivity contribution in [3.05, 3.63) is 54.2 Å². The minimum absolute atomic E-state index is 0.119. The quantitative estimate of drug-likeness (QED) is 0.813. The van der Waals surface area contributed by atoms with Crippen molar-refractivity contribution < 1.29 is 9.21 Å². The van der Waals surface area contributed by atoms with Gasteiger partial charge in [0.15, 0.2) is 0 Å². The van der Waals surface area contributed by atoms with Crippen molar-refractivity contribution in [2.75, 3.05) is 6.54 Å². The summed E-state index contributed by atoms with van der Waals surface area (Å²) in [6.07, 6.45) is 4.95. The van der Waals surface area contributed by atoms with Gasteiger partial charge in [-0.15, -0.1) is 0 Å². The number of nitrogens with zero attached hydrogens (tertiary/aromatic N) is 2. The zero-order valence-corrected chi connectivity index (χ0v) is 9.95. The number of aromatic nitrogens is 1. The van der Waals surface area contributed by atoms with Crippen LogP contribution in [0, 0.1) is 0 Å². The SMILES string of the molecule is O=C(c1ncco1)N1CCC[C@H]1c1ccccc1. The highest BCUT2D eigenvalue weighted by atomic mass is 16.4. The predicted octanol–water partition coefficient (Wildman–Crippen LogP) is 2.65. The molecule has 1 amide bonds. The molecule has 1 aliphatic rings. The van der Waals surface area contributed by atoms with Gasteiger partial charge in [0.1, 0.15) is 6.26 Å². The van der Waals surface area contributed by atoms with E-state index in [1.54, 1.807) is 0 Å². The summed E-state index contributed by atoms with van der Waals surface area (Å²) in [6.45, 7) is 0.765.